The summed E-state index contributed by atoms with van der Waals surface area (Å²) in [6.07, 6.45) is 3.53. The summed E-state index contributed by atoms with van der Waals surface area (Å²) in [5.74, 6) is 0.665. The van der Waals surface area contributed by atoms with Gasteiger partial charge < -0.3 is 10.6 Å². The Balaban J connectivity index is 1.51. The monoisotopic (exact) mass is 350 g/mol. The minimum atomic E-state index is 0.139. The van der Waals surface area contributed by atoms with Gasteiger partial charge in [0.2, 0.25) is 0 Å². The molecular formula is C21H26N4O. The molecule has 0 aliphatic carbocycles. The summed E-state index contributed by atoms with van der Waals surface area (Å²) in [6.45, 7) is 5.94. The topological polar surface area (TPSA) is 62.5 Å². The number of carbonyl (C=O) groups is 1. The van der Waals surface area contributed by atoms with Crippen LogP contribution in [0.1, 0.15) is 35.3 Å². The molecule has 3 heterocycles. The van der Waals surface area contributed by atoms with Crippen LogP contribution in [0.3, 0.4) is 0 Å². The second-order valence-corrected chi connectivity index (χ2v) is 7.40. The van der Waals surface area contributed by atoms with Gasteiger partial charge in [0.15, 0.2) is 0 Å². The molecule has 0 spiro atoms. The number of carbonyl (C=O) groups excluding carboxylic acids is 1. The van der Waals surface area contributed by atoms with Gasteiger partial charge >= 0.3 is 0 Å². The molecule has 2 fully saturated rings. The highest BCUT2D eigenvalue weighted by molar-refractivity contribution is 5.95. The summed E-state index contributed by atoms with van der Waals surface area (Å²) in [5.41, 5.74) is 9.59. The fourth-order valence-corrected chi connectivity index (χ4v) is 4.19. The van der Waals surface area contributed by atoms with E-state index < -0.39 is 0 Å². The van der Waals surface area contributed by atoms with Gasteiger partial charge in [-0.15, -0.1) is 0 Å². The molecule has 1 aromatic heterocycles. The lowest BCUT2D eigenvalue weighted by Gasteiger charge is -2.25. The van der Waals surface area contributed by atoms with E-state index in [-0.39, 0.29) is 5.91 Å². The first-order chi connectivity index (χ1) is 12.6. The molecule has 2 aromatic rings. The van der Waals surface area contributed by atoms with Crippen LogP contribution in [-0.2, 0) is 0 Å². The van der Waals surface area contributed by atoms with Gasteiger partial charge in [0, 0.05) is 42.5 Å². The number of nitrogen functional groups attached to an aromatic ring is 1. The molecule has 5 nitrogen and oxygen atoms in total. The SMILES string of the molecule is Cc1ccc(-c2ccc(C(=O)N3CCCN4CCCC4C3)cc2)c(N)n1. The van der Waals surface area contributed by atoms with Crippen molar-refractivity contribution >= 4 is 11.7 Å². The Labute approximate surface area is 154 Å². The zero-order valence-electron chi connectivity index (χ0n) is 15.3. The molecular weight excluding hydrogens is 324 g/mol. The van der Waals surface area contributed by atoms with Crippen LogP contribution in [0.25, 0.3) is 11.1 Å². The third-order valence-electron chi connectivity index (χ3n) is 5.60. The van der Waals surface area contributed by atoms with E-state index in [9.17, 15) is 4.79 Å². The van der Waals surface area contributed by atoms with Crippen molar-refractivity contribution in [2.24, 2.45) is 0 Å². The van der Waals surface area contributed by atoms with Crippen LogP contribution in [0, 0.1) is 6.92 Å². The molecule has 136 valence electrons. The summed E-state index contributed by atoms with van der Waals surface area (Å²) in [5, 5.41) is 0. The average Bonchev–Trinajstić information content (AvgIpc) is 2.98. The van der Waals surface area contributed by atoms with E-state index >= 15 is 0 Å². The van der Waals surface area contributed by atoms with Crippen LogP contribution in [-0.4, -0.2) is 52.9 Å². The number of pyridine rings is 1. The lowest BCUT2D eigenvalue weighted by Crippen LogP contribution is -2.39. The van der Waals surface area contributed by atoms with Gasteiger partial charge in [-0.1, -0.05) is 12.1 Å². The molecule has 1 aromatic carbocycles. The summed E-state index contributed by atoms with van der Waals surface area (Å²) in [6, 6.07) is 12.2. The van der Waals surface area contributed by atoms with E-state index in [4.69, 9.17) is 5.73 Å². The van der Waals surface area contributed by atoms with Gasteiger partial charge in [-0.3, -0.25) is 9.69 Å². The molecule has 0 saturated carbocycles. The average molecular weight is 350 g/mol. The number of hydrogen-bond donors (Lipinski definition) is 1. The molecule has 2 N–H and O–H groups in total. The van der Waals surface area contributed by atoms with Crippen molar-refractivity contribution in [1.29, 1.82) is 0 Å². The van der Waals surface area contributed by atoms with Crippen LogP contribution in [0.15, 0.2) is 36.4 Å². The van der Waals surface area contributed by atoms with Crippen molar-refractivity contribution in [3.05, 3.63) is 47.7 Å². The number of nitrogens with zero attached hydrogens (tertiary/aromatic N) is 3. The predicted octanol–water partition coefficient (Wildman–Crippen LogP) is 2.95. The molecule has 0 radical (unpaired) electrons. The largest absolute Gasteiger partial charge is 0.383 e. The quantitative estimate of drug-likeness (QED) is 0.904. The fraction of sp³-hybridized carbons (Fsp3) is 0.429. The number of anilines is 1. The van der Waals surface area contributed by atoms with Gasteiger partial charge in [-0.25, -0.2) is 4.98 Å². The summed E-state index contributed by atoms with van der Waals surface area (Å²) >= 11 is 0. The smallest absolute Gasteiger partial charge is 0.253 e. The molecule has 1 atom stereocenters. The van der Waals surface area contributed by atoms with E-state index in [0.717, 1.165) is 48.4 Å². The van der Waals surface area contributed by atoms with Crippen LogP contribution in [0.4, 0.5) is 5.82 Å². The first-order valence-electron chi connectivity index (χ1n) is 9.49. The summed E-state index contributed by atoms with van der Waals surface area (Å²) in [4.78, 5) is 21.9. The molecule has 1 amide bonds. The second kappa shape index (κ2) is 7.08. The van der Waals surface area contributed by atoms with E-state index in [1.165, 1.54) is 19.4 Å². The third-order valence-corrected chi connectivity index (χ3v) is 5.60. The van der Waals surface area contributed by atoms with Gasteiger partial charge in [-0.2, -0.15) is 0 Å². The van der Waals surface area contributed by atoms with Crippen molar-refractivity contribution in [1.82, 2.24) is 14.8 Å². The first kappa shape index (κ1) is 17.0. The van der Waals surface area contributed by atoms with E-state index in [1.807, 2.05) is 48.2 Å². The van der Waals surface area contributed by atoms with Crippen molar-refractivity contribution in [3.63, 3.8) is 0 Å². The molecule has 2 aliphatic rings. The van der Waals surface area contributed by atoms with E-state index in [0.29, 0.717) is 11.9 Å². The lowest BCUT2D eigenvalue weighted by atomic mass is 10.0. The standard InChI is InChI=1S/C21H26N4O/c1-15-5-10-19(20(22)23-15)16-6-8-17(9-7-16)21(26)25-13-3-12-24-11-2-4-18(24)14-25/h5-10,18H,2-4,11-14H2,1H3,(H2,22,23). The molecule has 26 heavy (non-hydrogen) atoms. The molecule has 0 bridgehead atoms. The number of nitrogens with two attached hydrogens (primary N) is 1. The van der Waals surface area contributed by atoms with Gasteiger partial charge in [0.05, 0.1) is 0 Å². The summed E-state index contributed by atoms with van der Waals surface area (Å²) in [7, 11) is 0. The number of aromatic nitrogens is 1. The molecule has 4 rings (SSSR count). The molecule has 1 unspecified atom stereocenters. The normalized spacial score (nSPS) is 20.7. The maximum absolute atomic E-state index is 13.0. The van der Waals surface area contributed by atoms with Crippen LogP contribution in [0.2, 0.25) is 0 Å². The zero-order valence-corrected chi connectivity index (χ0v) is 15.3. The highest BCUT2D eigenvalue weighted by Gasteiger charge is 2.30. The summed E-state index contributed by atoms with van der Waals surface area (Å²) < 4.78 is 0. The number of rotatable bonds is 2. The zero-order chi connectivity index (χ0) is 18.1. The predicted molar refractivity (Wildman–Crippen MR) is 104 cm³/mol. The Hall–Kier alpha value is -2.40. The van der Waals surface area contributed by atoms with Crippen molar-refractivity contribution in [2.75, 3.05) is 31.9 Å². The maximum Gasteiger partial charge on any atom is 0.253 e. The Kier molecular flexibility index (Phi) is 4.64. The lowest BCUT2D eigenvalue weighted by molar-refractivity contribution is 0.0743. The van der Waals surface area contributed by atoms with Crippen LogP contribution >= 0.6 is 0 Å². The number of amides is 1. The van der Waals surface area contributed by atoms with Gasteiger partial charge in [-0.05, 0) is 62.6 Å². The Morgan fingerprint density at radius 2 is 1.85 bits per heavy atom. The number of benzene rings is 1. The minimum absolute atomic E-state index is 0.139. The molecule has 5 heteroatoms. The van der Waals surface area contributed by atoms with Crippen molar-refractivity contribution in [3.8, 4) is 11.1 Å². The Morgan fingerprint density at radius 1 is 1.08 bits per heavy atom. The van der Waals surface area contributed by atoms with Crippen molar-refractivity contribution < 1.29 is 4.79 Å². The maximum atomic E-state index is 13.0. The van der Waals surface area contributed by atoms with Crippen molar-refractivity contribution in [2.45, 2.75) is 32.2 Å². The Bertz CT molecular complexity index is 802. The molecule has 2 aliphatic heterocycles. The van der Waals surface area contributed by atoms with Gasteiger partial charge in [0.25, 0.3) is 5.91 Å². The fourth-order valence-electron chi connectivity index (χ4n) is 4.19. The van der Waals surface area contributed by atoms with E-state index in [2.05, 4.69) is 9.88 Å². The van der Waals surface area contributed by atoms with Gasteiger partial charge in [0.1, 0.15) is 5.82 Å². The number of hydrogen-bond acceptors (Lipinski definition) is 4. The van der Waals surface area contributed by atoms with E-state index in [1.54, 1.807) is 0 Å². The number of aryl methyl sites for hydroxylation is 1. The van der Waals surface area contributed by atoms with Crippen LogP contribution in [0.5, 0.6) is 0 Å². The highest BCUT2D eigenvalue weighted by Crippen LogP contribution is 2.26. The second-order valence-electron chi connectivity index (χ2n) is 7.40. The molecule has 2 saturated heterocycles. The number of fused-ring (bicyclic) bond motifs is 1. The third kappa shape index (κ3) is 3.31. The Morgan fingerprint density at radius 3 is 2.62 bits per heavy atom. The van der Waals surface area contributed by atoms with Crippen LogP contribution < -0.4 is 5.73 Å². The highest BCUT2D eigenvalue weighted by atomic mass is 16.2. The minimum Gasteiger partial charge on any atom is -0.383 e. The first-order valence-corrected chi connectivity index (χ1v) is 9.49.